The zero-order valence-corrected chi connectivity index (χ0v) is 9.63. The van der Waals surface area contributed by atoms with Crippen LogP contribution in [0.4, 0.5) is 0 Å². The lowest BCUT2D eigenvalue weighted by Crippen LogP contribution is -1.96. The Balaban J connectivity index is 3.06. The van der Waals surface area contributed by atoms with E-state index < -0.39 is 0 Å². The van der Waals surface area contributed by atoms with E-state index in [9.17, 15) is 4.79 Å². The zero-order chi connectivity index (χ0) is 11.4. The van der Waals surface area contributed by atoms with Crippen LogP contribution in [0, 0.1) is 13.8 Å². The summed E-state index contributed by atoms with van der Waals surface area (Å²) in [6, 6.07) is 6.17. The lowest BCUT2D eigenvalue weighted by Gasteiger charge is -2.06. The summed E-state index contributed by atoms with van der Waals surface area (Å²) in [7, 11) is 1.38. The predicted octanol–water partition coefficient (Wildman–Crippen LogP) is 2.88. The summed E-state index contributed by atoms with van der Waals surface area (Å²) in [5.41, 5.74) is 4.42. The molecule has 0 aliphatic carbocycles. The number of ether oxygens (including phenoxy) is 1. The van der Waals surface area contributed by atoms with Crippen LogP contribution in [0.2, 0.25) is 0 Å². The predicted molar refractivity (Wildman–Crippen MR) is 61.6 cm³/mol. The van der Waals surface area contributed by atoms with E-state index in [2.05, 4.69) is 17.7 Å². The molecule has 0 unspecified atom stereocenters. The summed E-state index contributed by atoms with van der Waals surface area (Å²) in [6.07, 6.45) is 1.51. The first-order chi connectivity index (χ1) is 7.04. The normalized spacial score (nSPS) is 11.3. The number of hydrogen-bond donors (Lipinski definition) is 0. The van der Waals surface area contributed by atoms with E-state index in [1.54, 1.807) is 0 Å². The monoisotopic (exact) mass is 204 g/mol. The van der Waals surface area contributed by atoms with Crippen molar-refractivity contribution >= 4 is 11.5 Å². The van der Waals surface area contributed by atoms with Crippen LogP contribution >= 0.6 is 0 Å². The molecule has 0 atom stereocenters. The fourth-order valence-corrected chi connectivity index (χ4v) is 1.57. The molecule has 0 fully saturated rings. The van der Waals surface area contributed by atoms with E-state index in [1.165, 1.54) is 24.3 Å². The third-order valence-corrected chi connectivity index (χ3v) is 2.34. The van der Waals surface area contributed by atoms with E-state index in [-0.39, 0.29) is 5.97 Å². The van der Waals surface area contributed by atoms with Gasteiger partial charge in [0.25, 0.3) is 0 Å². The number of esters is 1. The fourth-order valence-electron chi connectivity index (χ4n) is 1.57. The Labute approximate surface area is 90.6 Å². The maximum absolute atomic E-state index is 11.1. The number of aryl methyl sites for hydroxylation is 2. The van der Waals surface area contributed by atoms with Crippen molar-refractivity contribution in [3.63, 3.8) is 0 Å². The molecule has 0 radical (unpaired) electrons. The number of rotatable bonds is 2. The Bertz CT molecular complexity index is 403. The van der Waals surface area contributed by atoms with E-state index in [4.69, 9.17) is 0 Å². The molecule has 80 valence electrons. The summed E-state index contributed by atoms with van der Waals surface area (Å²) in [6.45, 7) is 6.00. The van der Waals surface area contributed by atoms with Gasteiger partial charge < -0.3 is 4.74 Å². The fraction of sp³-hybridized carbons (Fsp3) is 0.308. The maximum Gasteiger partial charge on any atom is 0.330 e. The highest BCUT2D eigenvalue weighted by atomic mass is 16.5. The molecule has 0 saturated carbocycles. The average Bonchev–Trinajstić information content (AvgIpc) is 2.17. The standard InChI is InChI=1S/C13H16O2/c1-9-5-6-12(10(2)7-9)11(3)8-13(14)15-4/h5-8H,1-4H3/b11-8-. The van der Waals surface area contributed by atoms with Crippen LogP contribution < -0.4 is 0 Å². The summed E-state index contributed by atoms with van der Waals surface area (Å²) >= 11 is 0. The van der Waals surface area contributed by atoms with Crippen LogP contribution in [0.15, 0.2) is 24.3 Å². The van der Waals surface area contributed by atoms with Gasteiger partial charge in [-0.25, -0.2) is 4.79 Å². The summed E-state index contributed by atoms with van der Waals surface area (Å²) < 4.78 is 4.59. The lowest BCUT2D eigenvalue weighted by atomic mass is 10.00. The molecular formula is C13H16O2. The molecule has 1 aromatic carbocycles. The third kappa shape index (κ3) is 2.94. The molecular weight excluding hydrogens is 188 g/mol. The number of hydrogen-bond acceptors (Lipinski definition) is 2. The number of allylic oxidation sites excluding steroid dienone is 1. The molecule has 0 heterocycles. The molecule has 0 aliphatic rings. The summed E-state index contributed by atoms with van der Waals surface area (Å²) in [4.78, 5) is 11.1. The van der Waals surface area contributed by atoms with Crippen LogP contribution in [0.3, 0.4) is 0 Å². The second-order valence-corrected chi connectivity index (χ2v) is 3.67. The molecule has 0 aromatic heterocycles. The van der Waals surface area contributed by atoms with Crippen LogP contribution in [-0.4, -0.2) is 13.1 Å². The van der Waals surface area contributed by atoms with Crippen molar-refractivity contribution in [1.82, 2.24) is 0 Å². The maximum atomic E-state index is 11.1. The van der Waals surface area contributed by atoms with E-state index in [1.807, 2.05) is 26.0 Å². The van der Waals surface area contributed by atoms with Gasteiger partial charge in [-0.3, -0.25) is 0 Å². The van der Waals surface area contributed by atoms with Gasteiger partial charge in [0.15, 0.2) is 0 Å². The van der Waals surface area contributed by atoms with Gasteiger partial charge in [0.2, 0.25) is 0 Å². The van der Waals surface area contributed by atoms with Gasteiger partial charge in [-0.2, -0.15) is 0 Å². The van der Waals surface area contributed by atoms with Gasteiger partial charge in [0, 0.05) is 6.08 Å². The molecule has 0 bridgehead atoms. The average molecular weight is 204 g/mol. The van der Waals surface area contributed by atoms with Crippen LogP contribution in [0.5, 0.6) is 0 Å². The SMILES string of the molecule is COC(=O)/C=C(/C)c1ccc(C)cc1C. The van der Waals surface area contributed by atoms with E-state index in [0.29, 0.717) is 0 Å². The Morgan fingerprint density at radius 2 is 2.00 bits per heavy atom. The van der Waals surface area contributed by atoms with Crippen molar-refractivity contribution in [2.75, 3.05) is 7.11 Å². The molecule has 1 rings (SSSR count). The minimum absolute atomic E-state index is 0.313. The molecule has 0 saturated heterocycles. The van der Waals surface area contributed by atoms with Crippen molar-refractivity contribution in [1.29, 1.82) is 0 Å². The number of methoxy groups -OCH3 is 1. The van der Waals surface area contributed by atoms with E-state index >= 15 is 0 Å². The molecule has 0 amide bonds. The van der Waals surface area contributed by atoms with Crippen LogP contribution in [0.25, 0.3) is 5.57 Å². The minimum Gasteiger partial charge on any atom is -0.466 e. The van der Waals surface area contributed by atoms with Crippen LogP contribution in [0.1, 0.15) is 23.6 Å². The van der Waals surface area contributed by atoms with Crippen molar-refractivity contribution in [2.45, 2.75) is 20.8 Å². The van der Waals surface area contributed by atoms with Gasteiger partial charge in [0.1, 0.15) is 0 Å². The molecule has 15 heavy (non-hydrogen) atoms. The number of benzene rings is 1. The molecule has 2 nitrogen and oxygen atoms in total. The van der Waals surface area contributed by atoms with Crippen LogP contribution in [-0.2, 0) is 9.53 Å². The first kappa shape index (κ1) is 11.5. The molecule has 0 aliphatic heterocycles. The first-order valence-electron chi connectivity index (χ1n) is 4.88. The largest absolute Gasteiger partial charge is 0.466 e. The quantitative estimate of drug-likeness (QED) is 0.547. The number of carbonyl (C=O) groups is 1. The van der Waals surface area contributed by atoms with Crippen molar-refractivity contribution in [3.05, 3.63) is 41.0 Å². The zero-order valence-electron chi connectivity index (χ0n) is 9.63. The Morgan fingerprint density at radius 3 is 2.53 bits per heavy atom. The Kier molecular flexibility index (Phi) is 3.67. The van der Waals surface area contributed by atoms with Gasteiger partial charge in [-0.15, -0.1) is 0 Å². The van der Waals surface area contributed by atoms with Gasteiger partial charge >= 0.3 is 5.97 Å². The first-order valence-corrected chi connectivity index (χ1v) is 4.88. The second kappa shape index (κ2) is 4.78. The van der Waals surface area contributed by atoms with Crippen molar-refractivity contribution in [2.24, 2.45) is 0 Å². The molecule has 1 aromatic rings. The summed E-state index contributed by atoms with van der Waals surface area (Å²) in [5.74, 6) is -0.313. The van der Waals surface area contributed by atoms with Crippen molar-refractivity contribution < 1.29 is 9.53 Å². The summed E-state index contributed by atoms with van der Waals surface area (Å²) in [5, 5.41) is 0. The van der Waals surface area contributed by atoms with Crippen molar-refractivity contribution in [3.8, 4) is 0 Å². The molecule has 2 heteroatoms. The second-order valence-electron chi connectivity index (χ2n) is 3.67. The number of carbonyl (C=O) groups excluding carboxylic acids is 1. The highest BCUT2D eigenvalue weighted by Crippen LogP contribution is 2.19. The Hall–Kier alpha value is -1.57. The van der Waals surface area contributed by atoms with E-state index in [0.717, 1.165) is 11.1 Å². The van der Waals surface area contributed by atoms with Gasteiger partial charge in [-0.1, -0.05) is 23.8 Å². The molecule has 0 N–H and O–H groups in total. The smallest absolute Gasteiger partial charge is 0.330 e. The topological polar surface area (TPSA) is 26.3 Å². The highest BCUT2D eigenvalue weighted by Gasteiger charge is 2.03. The van der Waals surface area contributed by atoms with Gasteiger partial charge in [0.05, 0.1) is 7.11 Å². The third-order valence-electron chi connectivity index (χ3n) is 2.34. The molecule has 0 spiro atoms. The highest BCUT2D eigenvalue weighted by molar-refractivity contribution is 5.91. The lowest BCUT2D eigenvalue weighted by molar-refractivity contribution is -0.134. The van der Waals surface area contributed by atoms with Gasteiger partial charge in [-0.05, 0) is 37.5 Å². The minimum atomic E-state index is -0.313. The Morgan fingerprint density at radius 1 is 1.33 bits per heavy atom.